The van der Waals surface area contributed by atoms with Crippen molar-refractivity contribution in [3.63, 3.8) is 0 Å². The highest BCUT2D eigenvalue weighted by molar-refractivity contribution is 8.16. The van der Waals surface area contributed by atoms with E-state index in [1.807, 2.05) is 23.5 Å². The highest BCUT2D eigenvalue weighted by Gasteiger charge is 2.19. The van der Waals surface area contributed by atoms with Gasteiger partial charge in [0.05, 0.1) is 10.1 Å². The number of phenols is 4. The number of hydrogen-bond donors (Lipinski definition) is 6. The molecule has 2 aromatic rings. The van der Waals surface area contributed by atoms with Crippen LogP contribution in [0.5, 0.6) is 23.0 Å². The lowest BCUT2D eigenvalue weighted by Crippen LogP contribution is -2.00. The van der Waals surface area contributed by atoms with Gasteiger partial charge in [0, 0.05) is 17.7 Å². The van der Waals surface area contributed by atoms with Gasteiger partial charge in [-0.25, -0.2) is 0 Å². The molecular formula is C20H26O5S4. The molecule has 1 saturated heterocycles. The summed E-state index contributed by atoms with van der Waals surface area (Å²) in [7, 11) is 0. The molecule has 0 spiro atoms. The van der Waals surface area contributed by atoms with Crippen molar-refractivity contribution in [3.8, 4) is 23.0 Å². The Morgan fingerprint density at radius 2 is 1.45 bits per heavy atom. The second-order valence-electron chi connectivity index (χ2n) is 5.83. The molecule has 1 fully saturated rings. The Kier molecular flexibility index (Phi) is 13.0. The minimum absolute atomic E-state index is 0.0527. The highest BCUT2D eigenvalue weighted by Crippen LogP contribution is 2.46. The SMILES string of the molecule is O=Cc1ccc(O)cc1O.Oc1ccc(C2SCCCS2)c(O)c1.SCCCS. The van der Waals surface area contributed by atoms with Crippen LogP contribution < -0.4 is 0 Å². The molecular weight excluding hydrogens is 448 g/mol. The molecule has 2 aromatic carbocycles. The predicted octanol–water partition coefficient (Wildman–Crippen LogP) is 5.11. The van der Waals surface area contributed by atoms with E-state index in [0.717, 1.165) is 41.1 Å². The van der Waals surface area contributed by atoms with Crippen molar-refractivity contribution in [2.24, 2.45) is 0 Å². The molecule has 3 rings (SSSR count). The Hall–Kier alpha value is -1.29. The molecule has 0 aromatic heterocycles. The summed E-state index contributed by atoms with van der Waals surface area (Å²) >= 11 is 11.6. The number of hydrogen-bond acceptors (Lipinski definition) is 9. The summed E-state index contributed by atoms with van der Waals surface area (Å²) in [5, 5.41) is 36.5. The third kappa shape index (κ3) is 9.84. The number of phenolic OH excluding ortho intramolecular Hbond substituents is 4. The zero-order chi connectivity index (χ0) is 21.6. The van der Waals surface area contributed by atoms with Gasteiger partial charge >= 0.3 is 0 Å². The van der Waals surface area contributed by atoms with Crippen LogP contribution >= 0.6 is 48.8 Å². The van der Waals surface area contributed by atoms with E-state index in [2.05, 4.69) is 25.3 Å². The smallest absolute Gasteiger partial charge is 0.153 e. The lowest BCUT2D eigenvalue weighted by atomic mass is 10.2. The summed E-state index contributed by atoms with van der Waals surface area (Å²) in [4.78, 5) is 10.1. The minimum Gasteiger partial charge on any atom is -0.508 e. The number of aldehydes is 1. The van der Waals surface area contributed by atoms with Crippen LogP contribution in [0.25, 0.3) is 0 Å². The van der Waals surface area contributed by atoms with E-state index in [9.17, 15) is 9.90 Å². The molecule has 0 amide bonds. The fourth-order valence-corrected chi connectivity index (χ4v) is 5.62. The fraction of sp³-hybridized carbons (Fsp3) is 0.350. The molecule has 0 atom stereocenters. The van der Waals surface area contributed by atoms with Gasteiger partial charge in [0.15, 0.2) is 6.29 Å². The Balaban J connectivity index is 0.000000245. The zero-order valence-electron chi connectivity index (χ0n) is 15.8. The molecule has 9 heteroatoms. The summed E-state index contributed by atoms with van der Waals surface area (Å²) in [6.07, 6.45) is 2.88. The van der Waals surface area contributed by atoms with E-state index < -0.39 is 0 Å². The van der Waals surface area contributed by atoms with Gasteiger partial charge in [-0.3, -0.25) is 4.79 Å². The second-order valence-corrected chi connectivity index (χ2v) is 9.45. The van der Waals surface area contributed by atoms with Crippen LogP contribution in [0.1, 0.15) is 33.3 Å². The topological polar surface area (TPSA) is 98.0 Å². The highest BCUT2D eigenvalue weighted by atomic mass is 32.2. The van der Waals surface area contributed by atoms with E-state index in [4.69, 9.17) is 15.3 Å². The number of thioether (sulfide) groups is 2. The van der Waals surface area contributed by atoms with Crippen molar-refractivity contribution in [1.82, 2.24) is 0 Å². The third-order valence-electron chi connectivity index (χ3n) is 3.55. The van der Waals surface area contributed by atoms with Crippen LogP contribution in [-0.2, 0) is 0 Å². The van der Waals surface area contributed by atoms with E-state index >= 15 is 0 Å². The molecule has 160 valence electrons. The first-order valence-electron chi connectivity index (χ1n) is 8.86. The zero-order valence-corrected chi connectivity index (χ0v) is 19.2. The number of aromatic hydroxyl groups is 4. The normalized spacial score (nSPS) is 13.4. The summed E-state index contributed by atoms with van der Waals surface area (Å²) in [6.45, 7) is 0. The lowest BCUT2D eigenvalue weighted by Gasteiger charge is -2.21. The van der Waals surface area contributed by atoms with Crippen LogP contribution in [0.15, 0.2) is 36.4 Å². The standard InChI is InChI=1S/C10H12O2S2.C7H6O3.C3H8S2/c11-7-2-3-8(9(12)6-7)10-13-4-1-5-14-10;8-4-5-1-2-6(9)3-7(5)10;4-2-1-3-5/h2-3,6,10-12H,1,4-5H2;1-4,9-10H;4-5H,1-3H2. The quantitative estimate of drug-likeness (QED) is 0.271. The van der Waals surface area contributed by atoms with E-state index in [0.29, 0.717) is 10.9 Å². The van der Waals surface area contributed by atoms with Crippen molar-refractivity contribution >= 4 is 55.1 Å². The fourth-order valence-electron chi connectivity index (χ4n) is 2.10. The van der Waals surface area contributed by atoms with Gasteiger partial charge in [0.25, 0.3) is 0 Å². The first-order valence-corrected chi connectivity index (χ1v) is 12.2. The first-order chi connectivity index (χ1) is 13.9. The van der Waals surface area contributed by atoms with Gasteiger partial charge < -0.3 is 20.4 Å². The number of thiol groups is 2. The van der Waals surface area contributed by atoms with Gasteiger partial charge in [0.1, 0.15) is 23.0 Å². The molecule has 1 aliphatic heterocycles. The van der Waals surface area contributed by atoms with E-state index in [-0.39, 0.29) is 28.6 Å². The molecule has 1 heterocycles. The molecule has 0 aliphatic carbocycles. The van der Waals surface area contributed by atoms with Crippen LogP contribution in [0.2, 0.25) is 0 Å². The van der Waals surface area contributed by atoms with Gasteiger partial charge in [-0.05, 0) is 60.1 Å². The van der Waals surface area contributed by atoms with Crippen molar-refractivity contribution < 1.29 is 25.2 Å². The van der Waals surface area contributed by atoms with Gasteiger partial charge in [-0.2, -0.15) is 25.3 Å². The van der Waals surface area contributed by atoms with Crippen molar-refractivity contribution in [2.45, 2.75) is 17.4 Å². The van der Waals surface area contributed by atoms with Crippen molar-refractivity contribution in [1.29, 1.82) is 0 Å². The number of carbonyl (C=O) groups excluding carboxylic acids is 1. The average Bonchev–Trinajstić information content (AvgIpc) is 2.70. The minimum atomic E-state index is -0.199. The van der Waals surface area contributed by atoms with Gasteiger partial charge in [-0.1, -0.05) is 0 Å². The molecule has 0 bridgehead atoms. The predicted molar refractivity (Wildman–Crippen MR) is 130 cm³/mol. The number of carbonyl (C=O) groups is 1. The summed E-state index contributed by atoms with van der Waals surface area (Å²) < 4.78 is 0.323. The van der Waals surface area contributed by atoms with Crippen LogP contribution in [-0.4, -0.2) is 49.7 Å². The summed E-state index contributed by atoms with van der Waals surface area (Å²) in [6, 6.07) is 8.64. The Morgan fingerprint density at radius 3 is 1.90 bits per heavy atom. The molecule has 0 radical (unpaired) electrons. The van der Waals surface area contributed by atoms with Crippen molar-refractivity contribution in [2.75, 3.05) is 23.0 Å². The summed E-state index contributed by atoms with van der Waals surface area (Å²) in [5.41, 5.74) is 1.11. The maximum Gasteiger partial charge on any atom is 0.153 e. The Bertz CT molecular complexity index is 750. The number of rotatable bonds is 4. The van der Waals surface area contributed by atoms with Gasteiger partial charge in [0.2, 0.25) is 0 Å². The Labute approximate surface area is 190 Å². The lowest BCUT2D eigenvalue weighted by molar-refractivity contribution is 0.112. The van der Waals surface area contributed by atoms with Crippen molar-refractivity contribution in [3.05, 3.63) is 47.5 Å². The monoisotopic (exact) mass is 474 g/mol. The molecule has 29 heavy (non-hydrogen) atoms. The van der Waals surface area contributed by atoms with Gasteiger partial charge in [-0.15, -0.1) is 23.5 Å². The molecule has 0 unspecified atom stereocenters. The van der Waals surface area contributed by atoms with Crippen LogP contribution in [0, 0.1) is 0 Å². The summed E-state index contributed by atoms with van der Waals surface area (Å²) in [5.74, 6) is 4.30. The molecule has 5 nitrogen and oxygen atoms in total. The van der Waals surface area contributed by atoms with Crippen LogP contribution in [0.4, 0.5) is 0 Å². The van der Waals surface area contributed by atoms with Crippen LogP contribution in [0.3, 0.4) is 0 Å². The second kappa shape index (κ2) is 14.7. The van der Waals surface area contributed by atoms with E-state index in [1.165, 1.54) is 24.6 Å². The Morgan fingerprint density at radius 1 is 0.897 bits per heavy atom. The maximum atomic E-state index is 10.1. The third-order valence-corrected chi connectivity index (χ3v) is 7.16. The number of benzene rings is 2. The maximum absolute atomic E-state index is 10.1. The largest absolute Gasteiger partial charge is 0.508 e. The molecule has 4 N–H and O–H groups in total. The first kappa shape index (κ1) is 25.7. The molecule has 1 aliphatic rings. The van der Waals surface area contributed by atoms with E-state index in [1.54, 1.807) is 12.1 Å². The average molecular weight is 475 g/mol. The molecule has 0 saturated carbocycles.